The van der Waals surface area contributed by atoms with E-state index in [0.717, 1.165) is 24.1 Å². The van der Waals surface area contributed by atoms with Gasteiger partial charge in [-0.1, -0.05) is 13.0 Å². The summed E-state index contributed by atoms with van der Waals surface area (Å²) in [6.45, 7) is 2.66. The molecule has 1 aliphatic heterocycles. The molecule has 1 heterocycles. The molecular formula is C19H22N2O4S. The molecule has 2 aromatic rings. The molecule has 0 atom stereocenters. The fourth-order valence-electron chi connectivity index (χ4n) is 2.99. The number of benzene rings is 2. The van der Waals surface area contributed by atoms with E-state index in [2.05, 4.69) is 4.72 Å². The lowest BCUT2D eigenvalue weighted by Gasteiger charge is -2.17. The van der Waals surface area contributed by atoms with Gasteiger partial charge >= 0.3 is 0 Å². The second kappa shape index (κ2) is 7.37. The molecule has 1 amide bonds. The van der Waals surface area contributed by atoms with E-state index < -0.39 is 10.0 Å². The Morgan fingerprint density at radius 1 is 1.15 bits per heavy atom. The van der Waals surface area contributed by atoms with E-state index in [-0.39, 0.29) is 10.8 Å². The lowest BCUT2D eigenvalue weighted by atomic mass is 10.2. The third kappa shape index (κ3) is 3.67. The van der Waals surface area contributed by atoms with E-state index in [1.165, 1.54) is 7.11 Å². The number of carbonyl (C=O) groups excluding carboxylic acids is 1. The quantitative estimate of drug-likeness (QED) is 0.843. The van der Waals surface area contributed by atoms with E-state index in [9.17, 15) is 13.2 Å². The van der Waals surface area contributed by atoms with Gasteiger partial charge in [0, 0.05) is 24.3 Å². The zero-order valence-electron chi connectivity index (χ0n) is 14.9. The summed E-state index contributed by atoms with van der Waals surface area (Å²) in [7, 11) is -2.34. The highest BCUT2D eigenvalue weighted by molar-refractivity contribution is 7.92. The number of carbonyl (C=O) groups is 1. The van der Waals surface area contributed by atoms with E-state index in [4.69, 9.17) is 4.74 Å². The molecule has 0 aliphatic carbocycles. The zero-order valence-corrected chi connectivity index (χ0v) is 15.7. The van der Waals surface area contributed by atoms with Crippen LogP contribution in [-0.4, -0.2) is 28.0 Å². The van der Waals surface area contributed by atoms with Gasteiger partial charge in [0.15, 0.2) is 0 Å². The first kappa shape index (κ1) is 18.3. The van der Waals surface area contributed by atoms with Crippen molar-refractivity contribution >= 4 is 27.3 Å². The highest BCUT2D eigenvalue weighted by Gasteiger charge is 2.23. The first-order valence-corrected chi connectivity index (χ1v) is 10.0. The topological polar surface area (TPSA) is 75.7 Å². The van der Waals surface area contributed by atoms with Crippen molar-refractivity contribution in [1.29, 1.82) is 0 Å². The highest BCUT2D eigenvalue weighted by Crippen LogP contribution is 2.28. The van der Waals surface area contributed by atoms with Crippen molar-refractivity contribution in [2.75, 3.05) is 23.3 Å². The lowest BCUT2D eigenvalue weighted by molar-refractivity contribution is -0.117. The van der Waals surface area contributed by atoms with Crippen molar-refractivity contribution < 1.29 is 17.9 Å². The number of rotatable bonds is 6. The number of ether oxygens (including phenoxy) is 1. The molecule has 1 N–H and O–H groups in total. The SMILES string of the molecule is CCc1ccc(OC)c(S(=O)(=O)Nc2ccc(N3CCCC3=O)cc2)c1. The fourth-order valence-corrected chi connectivity index (χ4v) is 4.27. The molecule has 1 saturated heterocycles. The largest absolute Gasteiger partial charge is 0.495 e. The maximum atomic E-state index is 12.8. The first-order valence-electron chi connectivity index (χ1n) is 8.55. The number of hydrogen-bond acceptors (Lipinski definition) is 4. The Labute approximate surface area is 153 Å². The average molecular weight is 374 g/mol. The van der Waals surface area contributed by atoms with Crippen LogP contribution < -0.4 is 14.4 Å². The second-order valence-corrected chi connectivity index (χ2v) is 7.79. The smallest absolute Gasteiger partial charge is 0.265 e. The van der Waals surface area contributed by atoms with Crippen LogP contribution in [0, 0.1) is 0 Å². The van der Waals surface area contributed by atoms with Crippen LogP contribution in [0.25, 0.3) is 0 Å². The summed E-state index contributed by atoms with van der Waals surface area (Å²) in [6.07, 6.45) is 2.13. The van der Waals surface area contributed by atoms with Gasteiger partial charge in [-0.05, 0) is 54.8 Å². The maximum absolute atomic E-state index is 12.8. The molecule has 138 valence electrons. The molecule has 0 saturated carbocycles. The van der Waals surface area contributed by atoms with Crippen LogP contribution in [0.15, 0.2) is 47.4 Å². The molecule has 1 aliphatic rings. The van der Waals surface area contributed by atoms with Crippen molar-refractivity contribution in [2.45, 2.75) is 31.1 Å². The van der Waals surface area contributed by atoms with Gasteiger partial charge in [-0.15, -0.1) is 0 Å². The fraction of sp³-hybridized carbons (Fsp3) is 0.316. The van der Waals surface area contributed by atoms with Crippen LogP contribution in [0.5, 0.6) is 5.75 Å². The summed E-state index contributed by atoms with van der Waals surface area (Å²) in [5, 5.41) is 0. The number of methoxy groups -OCH3 is 1. The minimum atomic E-state index is -3.79. The Morgan fingerprint density at radius 3 is 2.46 bits per heavy atom. The van der Waals surface area contributed by atoms with Gasteiger partial charge in [-0.2, -0.15) is 0 Å². The van der Waals surface area contributed by atoms with Crippen molar-refractivity contribution in [3.05, 3.63) is 48.0 Å². The third-order valence-corrected chi connectivity index (χ3v) is 5.83. The standard InChI is InChI=1S/C19H22N2O4S/c1-3-14-6-11-17(25-2)18(13-14)26(23,24)20-15-7-9-16(10-8-15)21-12-4-5-19(21)22/h6-11,13,20H,3-5,12H2,1-2H3. The van der Waals surface area contributed by atoms with E-state index in [1.807, 2.05) is 13.0 Å². The van der Waals surface area contributed by atoms with Gasteiger partial charge < -0.3 is 9.64 Å². The lowest BCUT2D eigenvalue weighted by Crippen LogP contribution is -2.23. The minimum absolute atomic E-state index is 0.0967. The number of hydrogen-bond donors (Lipinski definition) is 1. The monoisotopic (exact) mass is 374 g/mol. The second-order valence-electron chi connectivity index (χ2n) is 6.14. The molecule has 6 nitrogen and oxygen atoms in total. The molecule has 0 bridgehead atoms. The molecule has 0 spiro atoms. The van der Waals surface area contributed by atoms with Gasteiger partial charge in [-0.3, -0.25) is 9.52 Å². The summed E-state index contributed by atoms with van der Waals surface area (Å²) in [5.41, 5.74) is 2.12. The molecule has 1 fully saturated rings. The highest BCUT2D eigenvalue weighted by atomic mass is 32.2. The van der Waals surface area contributed by atoms with Crippen molar-refractivity contribution in [2.24, 2.45) is 0 Å². The number of amides is 1. The Bertz CT molecular complexity index is 908. The van der Waals surface area contributed by atoms with Gasteiger partial charge in [0.1, 0.15) is 10.6 Å². The van der Waals surface area contributed by atoms with Crippen LogP contribution in [0.2, 0.25) is 0 Å². The Kier molecular flexibility index (Phi) is 5.18. The van der Waals surface area contributed by atoms with Gasteiger partial charge in [0.05, 0.1) is 7.11 Å². The number of anilines is 2. The van der Waals surface area contributed by atoms with Crippen LogP contribution in [0.3, 0.4) is 0 Å². The van der Waals surface area contributed by atoms with Crippen LogP contribution in [-0.2, 0) is 21.2 Å². The van der Waals surface area contributed by atoms with Crippen LogP contribution in [0.4, 0.5) is 11.4 Å². The summed E-state index contributed by atoms with van der Waals surface area (Å²) in [5.74, 6) is 0.397. The van der Waals surface area contributed by atoms with Crippen LogP contribution >= 0.6 is 0 Å². The molecule has 7 heteroatoms. The third-order valence-electron chi connectivity index (χ3n) is 4.43. The van der Waals surface area contributed by atoms with E-state index in [0.29, 0.717) is 24.4 Å². The number of nitrogens with one attached hydrogen (secondary N) is 1. The first-order chi connectivity index (χ1) is 12.4. The van der Waals surface area contributed by atoms with Gasteiger partial charge in [-0.25, -0.2) is 8.42 Å². The van der Waals surface area contributed by atoms with E-state index in [1.54, 1.807) is 41.3 Å². The molecule has 0 radical (unpaired) electrons. The maximum Gasteiger partial charge on any atom is 0.265 e. The molecule has 0 aromatic heterocycles. The Balaban J connectivity index is 1.85. The molecule has 3 rings (SSSR count). The normalized spacial score (nSPS) is 14.5. The van der Waals surface area contributed by atoms with Crippen molar-refractivity contribution in [1.82, 2.24) is 0 Å². The molecular weight excluding hydrogens is 352 g/mol. The number of aryl methyl sites for hydroxylation is 1. The minimum Gasteiger partial charge on any atom is -0.495 e. The Morgan fingerprint density at radius 2 is 1.88 bits per heavy atom. The number of nitrogens with zero attached hydrogens (tertiary/aromatic N) is 1. The predicted octanol–water partition coefficient (Wildman–Crippen LogP) is 3.19. The molecule has 0 unspecified atom stereocenters. The predicted molar refractivity (Wildman–Crippen MR) is 101 cm³/mol. The van der Waals surface area contributed by atoms with Crippen molar-refractivity contribution in [3.8, 4) is 5.75 Å². The van der Waals surface area contributed by atoms with E-state index >= 15 is 0 Å². The Hall–Kier alpha value is -2.54. The average Bonchev–Trinajstić information content (AvgIpc) is 3.07. The van der Waals surface area contributed by atoms with Crippen LogP contribution in [0.1, 0.15) is 25.3 Å². The summed E-state index contributed by atoms with van der Waals surface area (Å²) in [6, 6.07) is 12.0. The van der Waals surface area contributed by atoms with Gasteiger partial charge in [0.25, 0.3) is 10.0 Å². The van der Waals surface area contributed by atoms with Crippen molar-refractivity contribution in [3.63, 3.8) is 0 Å². The summed E-state index contributed by atoms with van der Waals surface area (Å²) >= 11 is 0. The summed E-state index contributed by atoms with van der Waals surface area (Å²) < 4.78 is 33.4. The van der Waals surface area contributed by atoms with Gasteiger partial charge in [0.2, 0.25) is 5.91 Å². The zero-order chi connectivity index (χ0) is 18.7. The molecule has 2 aromatic carbocycles. The number of sulfonamides is 1. The molecule has 26 heavy (non-hydrogen) atoms. The summed E-state index contributed by atoms with van der Waals surface area (Å²) in [4.78, 5) is 13.6.